The van der Waals surface area contributed by atoms with E-state index in [1.807, 2.05) is 0 Å². The maximum atomic E-state index is 13.1. The number of alkyl halides is 3. The van der Waals surface area contributed by atoms with Crippen LogP contribution in [0.1, 0.15) is 68.1 Å². The zero-order chi connectivity index (χ0) is 19.6. The Morgan fingerprint density at radius 3 is 2.19 bits per heavy atom. The van der Waals surface area contributed by atoms with Crippen LogP contribution in [0.3, 0.4) is 0 Å². The fourth-order valence-corrected chi connectivity index (χ4v) is 7.19. The summed E-state index contributed by atoms with van der Waals surface area (Å²) in [6.45, 7) is 2.06. The minimum Gasteiger partial charge on any atom is -0.347 e. The van der Waals surface area contributed by atoms with Crippen molar-refractivity contribution >= 4 is 21.8 Å². The van der Waals surface area contributed by atoms with Crippen molar-refractivity contribution in [3.05, 3.63) is 15.9 Å². The number of aryl methyl sites for hydroxylation is 1. The first-order chi connectivity index (χ1) is 12.6. The second kappa shape index (κ2) is 6.49. The van der Waals surface area contributed by atoms with E-state index in [9.17, 15) is 18.0 Å². The van der Waals surface area contributed by atoms with Gasteiger partial charge < -0.3 is 5.32 Å². The Morgan fingerprint density at radius 2 is 1.78 bits per heavy atom. The van der Waals surface area contributed by atoms with Crippen LogP contribution in [0.2, 0.25) is 0 Å². The minimum absolute atomic E-state index is 0.00506. The molecule has 1 N–H and O–H groups in total. The molecule has 27 heavy (non-hydrogen) atoms. The van der Waals surface area contributed by atoms with Crippen molar-refractivity contribution in [1.29, 1.82) is 0 Å². The van der Waals surface area contributed by atoms with Crippen LogP contribution in [-0.4, -0.2) is 21.7 Å². The van der Waals surface area contributed by atoms with Gasteiger partial charge in [-0.25, -0.2) is 0 Å². The third-order valence-electron chi connectivity index (χ3n) is 7.01. The molecule has 1 atom stereocenters. The summed E-state index contributed by atoms with van der Waals surface area (Å²) < 4.78 is 40.0. The standard InChI is InChI=1S/C19H25BrF3N3O/c1-3-13(18-7-10-4-11(8-18)6-12(5-10)9-18)24-17(27)15-14(20)16(19(21,22)23)25-26(15)2/h10-13H,3-9H2,1-2H3,(H,24,27). The van der Waals surface area contributed by atoms with Crippen molar-refractivity contribution in [3.63, 3.8) is 0 Å². The number of amides is 1. The molecule has 5 rings (SSSR count). The average Bonchev–Trinajstić information content (AvgIpc) is 2.86. The summed E-state index contributed by atoms with van der Waals surface area (Å²) in [6, 6.07) is -0.00506. The molecule has 1 unspecified atom stereocenters. The number of carbonyl (C=O) groups excluding carboxylic acids is 1. The second-order valence-corrected chi connectivity index (χ2v) is 9.64. The summed E-state index contributed by atoms with van der Waals surface area (Å²) in [6.07, 6.45) is 3.54. The van der Waals surface area contributed by atoms with Gasteiger partial charge in [0.05, 0.1) is 4.47 Å². The van der Waals surface area contributed by atoms with Gasteiger partial charge in [-0.2, -0.15) is 18.3 Å². The first kappa shape index (κ1) is 19.3. The van der Waals surface area contributed by atoms with Gasteiger partial charge in [-0.3, -0.25) is 9.48 Å². The maximum Gasteiger partial charge on any atom is 0.436 e. The van der Waals surface area contributed by atoms with Gasteiger partial charge in [-0.15, -0.1) is 0 Å². The van der Waals surface area contributed by atoms with Crippen molar-refractivity contribution in [2.75, 3.05) is 0 Å². The van der Waals surface area contributed by atoms with E-state index in [1.165, 1.54) is 26.3 Å². The molecule has 1 aromatic rings. The molecule has 0 aromatic carbocycles. The molecule has 4 fully saturated rings. The van der Waals surface area contributed by atoms with Gasteiger partial charge in [0.2, 0.25) is 0 Å². The molecule has 0 radical (unpaired) electrons. The highest BCUT2D eigenvalue weighted by atomic mass is 79.9. The zero-order valence-corrected chi connectivity index (χ0v) is 17.2. The summed E-state index contributed by atoms with van der Waals surface area (Å²) >= 11 is 2.95. The van der Waals surface area contributed by atoms with E-state index >= 15 is 0 Å². The zero-order valence-electron chi connectivity index (χ0n) is 15.6. The predicted molar refractivity (Wildman–Crippen MR) is 98.1 cm³/mol. The van der Waals surface area contributed by atoms with Crippen LogP contribution in [0.25, 0.3) is 0 Å². The van der Waals surface area contributed by atoms with Crippen LogP contribution in [0.4, 0.5) is 13.2 Å². The highest BCUT2D eigenvalue weighted by Gasteiger charge is 2.54. The molecule has 4 bridgehead atoms. The Labute approximate surface area is 165 Å². The van der Waals surface area contributed by atoms with Crippen LogP contribution in [0.15, 0.2) is 4.47 Å². The molecule has 0 saturated heterocycles. The third-order valence-corrected chi connectivity index (χ3v) is 7.76. The van der Waals surface area contributed by atoms with Gasteiger partial charge in [0, 0.05) is 13.1 Å². The smallest absolute Gasteiger partial charge is 0.347 e. The van der Waals surface area contributed by atoms with Gasteiger partial charge in [-0.1, -0.05) is 6.92 Å². The number of carbonyl (C=O) groups is 1. The lowest BCUT2D eigenvalue weighted by Gasteiger charge is -2.59. The van der Waals surface area contributed by atoms with E-state index in [0.29, 0.717) is 0 Å². The lowest BCUT2D eigenvalue weighted by Crippen LogP contribution is -2.56. The van der Waals surface area contributed by atoms with Crippen LogP contribution in [-0.2, 0) is 13.2 Å². The third kappa shape index (κ3) is 3.21. The number of rotatable bonds is 4. The van der Waals surface area contributed by atoms with Crippen LogP contribution in [0.5, 0.6) is 0 Å². The van der Waals surface area contributed by atoms with Crippen molar-refractivity contribution in [3.8, 4) is 0 Å². The number of aromatic nitrogens is 2. The molecule has 4 saturated carbocycles. The van der Waals surface area contributed by atoms with Gasteiger partial charge >= 0.3 is 6.18 Å². The van der Waals surface area contributed by atoms with Gasteiger partial charge in [0.1, 0.15) is 5.69 Å². The number of hydrogen-bond donors (Lipinski definition) is 1. The summed E-state index contributed by atoms with van der Waals surface area (Å²) in [7, 11) is 1.38. The Kier molecular flexibility index (Phi) is 4.63. The minimum atomic E-state index is -4.60. The highest BCUT2D eigenvalue weighted by Crippen LogP contribution is 2.61. The number of nitrogens with zero attached hydrogens (tertiary/aromatic N) is 2. The average molecular weight is 448 g/mol. The highest BCUT2D eigenvalue weighted by molar-refractivity contribution is 9.10. The molecule has 4 aliphatic rings. The normalized spacial score (nSPS) is 33.3. The summed E-state index contributed by atoms with van der Waals surface area (Å²) in [5, 5.41) is 6.60. The summed E-state index contributed by atoms with van der Waals surface area (Å²) in [5.74, 6) is 1.78. The molecule has 1 aromatic heterocycles. The lowest BCUT2D eigenvalue weighted by atomic mass is 9.47. The number of nitrogens with one attached hydrogen (secondary N) is 1. The van der Waals surface area contributed by atoms with Crippen LogP contribution >= 0.6 is 15.9 Å². The van der Waals surface area contributed by atoms with Gasteiger partial charge in [-0.05, 0) is 84.0 Å². The molecular formula is C19H25BrF3N3O. The largest absolute Gasteiger partial charge is 0.436 e. The summed E-state index contributed by atoms with van der Waals surface area (Å²) in [4.78, 5) is 12.9. The van der Waals surface area contributed by atoms with E-state index in [1.54, 1.807) is 0 Å². The van der Waals surface area contributed by atoms with Crippen LogP contribution < -0.4 is 5.32 Å². The molecule has 8 heteroatoms. The Hall–Kier alpha value is -1.05. The molecule has 4 nitrogen and oxygen atoms in total. The Morgan fingerprint density at radius 1 is 1.26 bits per heavy atom. The monoisotopic (exact) mass is 447 g/mol. The van der Waals surface area contributed by atoms with Crippen molar-refractivity contribution < 1.29 is 18.0 Å². The van der Waals surface area contributed by atoms with E-state index in [-0.39, 0.29) is 21.6 Å². The molecular weight excluding hydrogens is 423 g/mol. The van der Waals surface area contributed by atoms with Gasteiger partial charge in [0.15, 0.2) is 5.69 Å². The van der Waals surface area contributed by atoms with Crippen molar-refractivity contribution in [2.24, 2.45) is 30.2 Å². The molecule has 0 spiro atoms. The van der Waals surface area contributed by atoms with E-state index in [2.05, 4.69) is 33.3 Å². The quantitative estimate of drug-likeness (QED) is 0.711. The van der Waals surface area contributed by atoms with E-state index < -0.39 is 17.8 Å². The molecule has 1 amide bonds. The number of hydrogen-bond acceptors (Lipinski definition) is 2. The molecule has 0 aliphatic heterocycles. The first-order valence-corrected chi connectivity index (χ1v) is 10.5. The molecule has 4 aliphatic carbocycles. The van der Waals surface area contributed by atoms with Crippen molar-refractivity contribution in [1.82, 2.24) is 15.1 Å². The number of halogens is 4. The lowest BCUT2D eigenvalue weighted by molar-refractivity contribution is -0.142. The Bertz CT molecular complexity index is 723. The molecule has 1 heterocycles. The van der Waals surface area contributed by atoms with Crippen LogP contribution in [0, 0.1) is 23.2 Å². The van der Waals surface area contributed by atoms with E-state index in [0.717, 1.165) is 48.1 Å². The maximum absolute atomic E-state index is 13.1. The van der Waals surface area contributed by atoms with E-state index in [4.69, 9.17) is 0 Å². The first-order valence-electron chi connectivity index (χ1n) is 9.73. The second-order valence-electron chi connectivity index (χ2n) is 8.85. The SMILES string of the molecule is CCC(NC(=O)c1c(Br)c(C(F)(F)F)nn1C)C12CC3CC(CC(C3)C1)C2. The fraction of sp³-hybridized carbons (Fsp3) is 0.789. The van der Waals surface area contributed by atoms with Crippen molar-refractivity contribution in [2.45, 2.75) is 64.1 Å². The van der Waals surface area contributed by atoms with Gasteiger partial charge in [0.25, 0.3) is 5.91 Å². The molecule has 150 valence electrons. The fourth-order valence-electron chi connectivity index (χ4n) is 6.45. The summed E-state index contributed by atoms with van der Waals surface area (Å²) in [5.41, 5.74) is -1.01. The topological polar surface area (TPSA) is 46.9 Å². The Balaban J connectivity index is 1.58. The predicted octanol–water partition coefficient (Wildman–Crippen LogP) is 4.93.